The average molecular weight is 385 g/mol. The fourth-order valence-electron chi connectivity index (χ4n) is 3.57. The highest BCUT2D eigenvalue weighted by atomic mass is 16.5. The number of carbonyl (C=O) groups is 1. The van der Waals surface area contributed by atoms with Gasteiger partial charge in [-0.25, -0.2) is 4.98 Å². The minimum absolute atomic E-state index is 0.100. The first kappa shape index (κ1) is 18.6. The molecular weight excluding hydrogens is 362 g/mol. The quantitative estimate of drug-likeness (QED) is 0.835. The van der Waals surface area contributed by atoms with Gasteiger partial charge in [-0.3, -0.25) is 4.79 Å². The van der Waals surface area contributed by atoms with Crippen molar-refractivity contribution in [2.24, 2.45) is 0 Å². The number of ether oxygens (including phenoxy) is 4. The number of benzene rings is 1. The van der Waals surface area contributed by atoms with Crippen LogP contribution in [0, 0.1) is 0 Å². The molecule has 4 rings (SSSR count). The van der Waals surface area contributed by atoms with E-state index < -0.39 is 5.60 Å². The van der Waals surface area contributed by atoms with Crippen LogP contribution in [-0.2, 0) is 21.7 Å². The normalized spacial score (nSPS) is 18.2. The molecule has 28 heavy (non-hydrogen) atoms. The Bertz CT molecular complexity index is 880. The van der Waals surface area contributed by atoms with E-state index in [-0.39, 0.29) is 18.3 Å². The van der Waals surface area contributed by atoms with E-state index in [1.807, 2.05) is 12.1 Å². The third-order valence-corrected chi connectivity index (χ3v) is 5.20. The lowest BCUT2D eigenvalue weighted by Gasteiger charge is -2.35. The first-order valence-electron chi connectivity index (χ1n) is 9.29. The lowest BCUT2D eigenvalue weighted by Crippen LogP contribution is -2.36. The lowest BCUT2D eigenvalue weighted by molar-refractivity contribution is -0.0974. The SMILES string of the molecule is COC1(c2cc(OCc3ccc4c(c3)OCCC4=O)nc(N)n2)CCOCC1. The van der Waals surface area contributed by atoms with E-state index in [9.17, 15) is 4.79 Å². The highest BCUT2D eigenvalue weighted by Gasteiger charge is 2.36. The van der Waals surface area contributed by atoms with E-state index >= 15 is 0 Å². The minimum atomic E-state index is -0.548. The van der Waals surface area contributed by atoms with Crippen molar-refractivity contribution < 1.29 is 23.7 Å². The second-order valence-corrected chi connectivity index (χ2v) is 6.90. The predicted molar refractivity (Wildman–Crippen MR) is 100 cm³/mol. The number of hydrogen-bond donors (Lipinski definition) is 1. The van der Waals surface area contributed by atoms with Crippen LogP contribution in [0.15, 0.2) is 24.3 Å². The van der Waals surface area contributed by atoms with Gasteiger partial charge in [0.25, 0.3) is 0 Å². The number of rotatable bonds is 5. The van der Waals surface area contributed by atoms with Crippen LogP contribution in [0.3, 0.4) is 0 Å². The monoisotopic (exact) mass is 385 g/mol. The molecule has 0 bridgehead atoms. The molecule has 1 saturated heterocycles. The molecular formula is C20H23N3O5. The van der Waals surface area contributed by atoms with Crippen molar-refractivity contribution >= 4 is 11.7 Å². The summed E-state index contributed by atoms with van der Waals surface area (Å²) < 4.78 is 22.7. The zero-order chi connectivity index (χ0) is 19.6. The number of hydrogen-bond acceptors (Lipinski definition) is 8. The molecule has 0 spiro atoms. The molecule has 1 fully saturated rings. The number of methoxy groups -OCH3 is 1. The molecule has 0 unspecified atom stereocenters. The summed E-state index contributed by atoms with van der Waals surface area (Å²) in [5, 5.41) is 0. The number of carbonyl (C=O) groups excluding carboxylic acids is 1. The van der Waals surface area contributed by atoms with Crippen LogP contribution in [-0.4, -0.2) is 42.7 Å². The van der Waals surface area contributed by atoms with Crippen molar-refractivity contribution in [2.45, 2.75) is 31.5 Å². The number of anilines is 1. The number of nitrogen functional groups attached to an aromatic ring is 1. The summed E-state index contributed by atoms with van der Waals surface area (Å²) in [4.78, 5) is 20.4. The van der Waals surface area contributed by atoms with Crippen LogP contribution >= 0.6 is 0 Å². The van der Waals surface area contributed by atoms with Gasteiger partial charge in [0, 0.05) is 45.7 Å². The molecule has 148 valence electrons. The highest BCUT2D eigenvalue weighted by Crippen LogP contribution is 2.36. The van der Waals surface area contributed by atoms with Gasteiger partial charge >= 0.3 is 0 Å². The molecule has 2 N–H and O–H groups in total. The van der Waals surface area contributed by atoms with Crippen molar-refractivity contribution in [1.29, 1.82) is 0 Å². The van der Waals surface area contributed by atoms with Crippen LogP contribution in [0.25, 0.3) is 0 Å². The Kier molecular flexibility index (Phi) is 5.15. The molecule has 2 aliphatic rings. The maximum absolute atomic E-state index is 11.9. The van der Waals surface area contributed by atoms with Crippen LogP contribution in [0.4, 0.5) is 5.95 Å². The van der Waals surface area contributed by atoms with Gasteiger partial charge in [0.2, 0.25) is 11.8 Å². The fraction of sp³-hybridized carbons (Fsp3) is 0.450. The van der Waals surface area contributed by atoms with E-state index in [4.69, 9.17) is 24.7 Å². The Hall–Kier alpha value is -2.71. The van der Waals surface area contributed by atoms with Gasteiger partial charge < -0.3 is 24.7 Å². The zero-order valence-corrected chi connectivity index (χ0v) is 15.8. The van der Waals surface area contributed by atoms with Gasteiger partial charge in [-0.05, 0) is 17.7 Å². The molecule has 3 heterocycles. The molecule has 8 nitrogen and oxygen atoms in total. The topological polar surface area (TPSA) is 106 Å². The van der Waals surface area contributed by atoms with Crippen molar-refractivity contribution in [1.82, 2.24) is 9.97 Å². The molecule has 1 aromatic heterocycles. The number of aromatic nitrogens is 2. The van der Waals surface area contributed by atoms with Gasteiger partial charge in [0.15, 0.2) is 5.78 Å². The second-order valence-electron chi connectivity index (χ2n) is 6.90. The summed E-state index contributed by atoms with van der Waals surface area (Å²) in [6.45, 7) is 1.87. The summed E-state index contributed by atoms with van der Waals surface area (Å²) in [5.74, 6) is 1.21. The minimum Gasteiger partial charge on any atom is -0.492 e. The van der Waals surface area contributed by atoms with E-state index in [1.165, 1.54) is 0 Å². The molecule has 2 aliphatic heterocycles. The predicted octanol–water partition coefficient (Wildman–Crippen LogP) is 2.26. The average Bonchev–Trinajstić information content (AvgIpc) is 2.72. The zero-order valence-electron chi connectivity index (χ0n) is 15.8. The molecule has 2 aromatic rings. The van der Waals surface area contributed by atoms with E-state index in [0.717, 1.165) is 5.56 Å². The Morgan fingerprint density at radius 3 is 2.79 bits per heavy atom. The number of fused-ring (bicyclic) bond motifs is 1. The molecule has 8 heteroatoms. The van der Waals surface area contributed by atoms with Crippen LogP contribution in [0.5, 0.6) is 11.6 Å². The first-order valence-corrected chi connectivity index (χ1v) is 9.29. The van der Waals surface area contributed by atoms with Crippen molar-refractivity contribution in [3.63, 3.8) is 0 Å². The maximum atomic E-state index is 11.9. The van der Waals surface area contributed by atoms with Crippen LogP contribution in [0.1, 0.15) is 40.9 Å². The van der Waals surface area contributed by atoms with Gasteiger partial charge in [-0.2, -0.15) is 4.98 Å². The summed E-state index contributed by atoms with van der Waals surface area (Å²) in [6, 6.07) is 7.22. The van der Waals surface area contributed by atoms with Crippen LogP contribution < -0.4 is 15.2 Å². The second kappa shape index (κ2) is 7.73. The van der Waals surface area contributed by atoms with Crippen molar-refractivity contribution in [3.8, 4) is 11.6 Å². The van der Waals surface area contributed by atoms with Crippen molar-refractivity contribution in [3.05, 3.63) is 41.1 Å². The lowest BCUT2D eigenvalue weighted by atomic mass is 9.90. The van der Waals surface area contributed by atoms with E-state index in [1.54, 1.807) is 19.2 Å². The highest BCUT2D eigenvalue weighted by molar-refractivity contribution is 5.99. The summed E-state index contributed by atoms with van der Waals surface area (Å²) >= 11 is 0. The molecule has 1 aromatic carbocycles. The van der Waals surface area contributed by atoms with E-state index in [0.29, 0.717) is 62.0 Å². The Labute approximate surface area is 163 Å². The molecule has 0 radical (unpaired) electrons. The largest absolute Gasteiger partial charge is 0.492 e. The molecule has 0 amide bonds. The summed E-state index contributed by atoms with van der Waals surface area (Å²) in [6.07, 6.45) is 1.79. The number of nitrogens with two attached hydrogens (primary N) is 1. The number of nitrogens with zero attached hydrogens (tertiary/aromatic N) is 2. The smallest absolute Gasteiger partial charge is 0.223 e. The Balaban J connectivity index is 1.52. The van der Waals surface area contributed by atoms with Crippen LogP contribution in [0.2, 0.25) is 0 Å². The summed E-state index contributed by atoms with van der Waals surface area (Å²) in [5.41, 5.74) is 7.55. The Morgan fingerprint density at radius 1 is 1.18 bits per heavy atom. The fourth-order valence-corrected chi connectivity index (χ4v) is 3.57. The molecule has 0 aliphatic carbocycles. The van der Waals surface area contributed by atoms with Gasteiger partial charge in [-0.1, -0.05) is 6.07 Å². The van der Waals surface area contributed by atoms with Gasteiger partial charge in [0.05, 0.1) is 17.9 Å². The standard InChI is InChI=1S/C20H23N3O5/c1-25-20(5-8-26-9-6-20)17-11-18(23-19(21)22-17)28-12-13-2-3-14-15(24)4-7-27-16(14)10-13/h2-3,10-11H,4-9,12H2,1H3,(H2,21,22,23). The first-order chi connectivity index (χ1) is 13.6. The third kappa shape index (κ3) is 3.65. The van der Waals surface area contributed by atoms with Gasteiger partial charge in [0.1, 0.15) is 18.0 Å². The maximum Gasteiger partial charge on any atom is 0.223 e. The number of ketones is 1. The molecule has 0 atom stereocenters. The van der Waals surface area contributed by atoms with Crippen molar-refractivity contribution in [2.75, 3.05) is 32.7 Å². The summed E-state index contributed by atoms with van der Waals surface area (Å²) in [7, 11) is 1.67. The van der Waals surface area contributed by atoms with Gasteiger partial charge in [-0.15, -0.1) is 0 Å². The molecule has 0 saturated carbocycles. The third-order valence-electron chi connectivity index (χ3n) is 5.20. The number of Topliss-reactive ketones (excluding diaryl/α,β-unsaturated/α-hetero) is 1. The van der Waals surface area contributed by atoms with E-state index in [2.05, 4.69) is 9.97 Å². The Morgan fingerprint density at radius 2 is 2.00 bits per heavy atom.